The second-order valence-corrected chi connectivity index (χ2v) is 9.16. The number of nitriles is 1. The minimum Gasteiger partial charge on any atom is -0.462 e. The first-order valence-corrected chi connectivity index (χ1v) is 9.86. The lowest BCUT2D eigenvalue weighted by Gasteiger charge is -2.57. The van der Waals surface area contributed by atoms with Crippen molar-refractivity contribution in [2.24, 2.45) is 28.6 Å². The summed E-state index contributed by atoms with van der Waals surface area (Å²) in [6, 6.07) is 2.49. The lowest BCUT2D eigenvalue weighted by molar-refractivity contribution is -0.148. The Hall–Kier alpha value is -1.56. The van der Waals surface area contributed by atoms with Crippen LogP contribution in [0.1, 0.15) is 65.7 Å². The van der Waals surface area contributed by atoms with E-state index in [9.17, 15) is 10.1 Å². The van der Waals surface area contributed by atoms with Crippen LogP contribution < -0.4 is 0 Å². The fourth-order valence-corrected chi connectivity index (χ4v) is 6.70. The van der Waals surface area contributed by atoms with Crippen LogP contribution in [0.4, 0.5) is 0 Å². The second kappa shape index (κ2) is 5.73. The van der Waals surface area contributed by atoms with E-state index < -0.39 is 0 Å². The Kier molecular flexibility index (Phi) is 3.87. The molecule has 134 valence electrons. The van der Waals surface area contributed by atoms with Gasteiger partial charge < -0.3 is 4.74 Å². The van der Waals surface area contributed by atoms with E-state index >= 15 is 0 Å². The topological polar surface area (TPSA) is 50.1 Å². The van der Waals surface area contributed by atoms with Crippen molar-refractivity contribution in [2.45, 2.75) is 71.8 Å². The Labute approximate surface area is 151 Å². The summed E-state index contributed by atoms with van der Waals surface area (Å²) in [5.41, 5.74) is 2.93. The van der Waals surface area contributed by atoms with E-state index in [4.69, 9.17) is 4.74 Å². The molecular weight excluding hydrogens is 310 g/mol. The number of esters is 1. The van der Waals surface area contributed by atoms with Crippen LogP contribution >= 0.6 is 0 Å². The highest BCUT2D eigenvalue weighted by molar-refractivity contribution is 5.66. The fraction of sp³-hybridized carbons (Fsp3) is 0.727. The van der Waals surface area contributed by atoms with Crippen molar-refractivity contribution in [1.82, 2.24) is 0 Å². The molecule has 4 rings (SSSR count). The monoisotopic (exact) mass is 339 g/mol. The van der Waals surface area contributed by atoms with Crippen molar-refractivity contribution in [3.63, 3.8) is 0 Å². The highest BCUT2D eigenvalue weighted by Gasteiger charge is 2.56. The number of nitrogens with zero attached hydrogens (tertiary/aromatic N) is 1. The van der Waals surface area contributed by atoms with Crippen molar-refractivity contribution in [3.05, 3.63) is 23.3 Å². The molecule has 25 heavy (non-hydrogen) atoms. The lowest BCUT2D eigenvalue weighted by Crippen LogP contribution is -2.50. The standard InChI is InChI=1S/C22H29NO2/c1-14(24)25-17-8-10-21(2)15(12-17)4-6-18-19-7-5-16(13-23)22(19,3)11-9-20(18)21/h4-5,17-20H,6-12H2,1-3H3/t17?,18?,19?,20?,21-,22+/m0/s1. The summed E-state index contributed by atoms with van der Waals surface area (Å²) in [5.74, 6) is 1.88. The van der Waals surface area contributed by atoms with E-state index in [0.717, 1.165) is 50.0 Å². The first kappa shape index (κ1) is 16.9. The fourth-order valence-electron chi connectivity index (χ4n) is 6.70. The summed E-state index contributed by atoms with van der Waals surface area (Å²) in [6.07, 6.45) is 12.4. The van der Waals surface area contributed by atoms with Gasteiger partial charge in [0.1, 0.15) is 6.10 Å². The smallest absolute Gasteiger partial charge is 0.302 e. The molecule has 0 bridgehead atoms. The van der Waals surface area contributed by atoms with Crippen molar-refractivity contribution in [3.8, 4) is 6.07 Å². The molecule has 3 heteroatoms. The maximum Gasteiger partial charge on any atom is 0.302 e. The molecule has 4 aliphatic carbocycles. The molecule has 0 radical (unpaired) electrons. The summed E-state index contributed by atoms with van der Waals surface area (Å²) in [5, 5.41) is 9.53. The highest BCUT2D eigenvalue weighted by atomic mass is 16.5. The SMILES string of the molecule is CC(=O)OC1CC[C@@]2(C)C(=CCC3C2CC[C@]2(C)C(C#N)=CCC32)C1. The van der Waals surface area contributed by atoms with Crippen LogP contribution in [0, 0.1) is 39.9 Å². The molecular formula is C22H29NO2. The minimum atomic E-state index is -0.155. The summed E-state index contributed by atoms with van der Waals surface area (Å²) < 4.78 is 5.51. The van der Waals surface area contributed by atoms with E-state index in [1.54, 1.807) is 0 Å². The van der Waals surface area contributed by atoms with Gasteiger partial charge >= 0.3 is 5.97 Å². The molecule has 2 saturated carbocycles. The molecule has 2 fully saturated rings. The quantitative estimate of drug-likeness (QED) is 0.502. The maximum absolute atomic E-state index is 11.3. The van der Waals surface area contributed by atoms with Crippen LogP contribution in [0.3, 0.4) is 0 Å². The van der Waals surface area contributed by atoms with Crippen LogP contribution in [-0.2, 0) is 9.53 Å². The molecule has 0 heterocycles. The Bertz CT molecular complexity index is 699. The predicted molar refractivity (Wildman–Crippen MR) is 96.3 cm³/mol. The lowest BCUT2D eigenvalue weighted by atomic mass is 9.47. The Balaban J connectivity index is 1.59. The zero-order valence-corrected chi connectivity index (χ0v) is 15.7. The molecule has 0 amide bonds. The number of carbonyl (C=O) groups is 1. The van der Waals surface area contributed by atoms with E-state index in [2.05, 4.69) is 32.1 Å². The Morgan fingerprint density at radius 2 is 1.92 bits per heavy atom. The molecule has 0 saturated heterocycles. The number of ether oxygens (including phenoxy) is 1. The first-order chi connectivity index (χ1) is 11.9. The number of hydrogen-bond acceptors (Lipinski definition) is 3. The van der Waals surface area contributed by atoms with Crippen LogP contribution in [-0.4, -0.2) is 12.1 Å². The zero-order valence-electron chi connectivity index (χ0n) is 15.7. The molecule has 0 spiro atoms. The first-order valence-electron chi connectivity index (χ1n) is 9.86. The molecule has 0 aliphatic heterocycles. The van der Waals surface area contributed by atoms with E-state index in [1.165, 1.54) is 18.9 Å². The second-order valence-electron chi connectivity index (χ2n) is 9.16. The van der Waals surface area contributed by atoms with Gasteiger partial charge in [0.15, 0.2) is 0 Å². The van der Waals surface area contributed by atoms with Gasteiger partial charge in [0.05, 0.1) is 6.07 Å². The molecule has 3 nitrogen and oxygen atoms in total. The Morgan fingerprint density at radius 3 is 2.64 bits per heavy atom. The molecule has 4 aliphatic rings. The van der Waals surface area contributed by atoms with Crippen LogP contribution in [0.2, 0.25) is 0 Å². The molecule has 0 aromatic carbocycles. The normalized spacial score (nSPS) is 45.2. The van der Waals surface area contributed by atoms with Gasteiger partial charge in [-0.05, 0) is 61.7 Å². The summed E-state index contributed by atoms with van der Waals surface area (Å²) in [4.78, 5) is 11.3. The van der Waals surface area contributed by atoms with Gasteiger partial charge in [0, 0.05) is 24.3 Å². The predicted octanol–water partition coefficient (Wildman–Crippen LogP) is 4.94. The largest absolute Gasteiger partial charge is 0.462 e. The number of hydrogen-bond donors (Lipinski definition) is 0. The average Bonchev–Trinajstić information content (AvgIpc) is 2.91. The van der Waals surface area contributed by atoms with Gasteiger partial charge in [-0.15, -0.1) is 0 Å². The van der Waals surface area contributed by atoms with Crippen LogP contribution in [0.25, 0.3) is 0 Å². The van der Waals surface area contributed by atoms with Gasteiger partial charge in [-0.3, -0.25) is 4.79 Å². The van der Waals surface area contributed by atoms with Crippen molar-refractivity contribution in [2.75, 3.05) is 0 Å². The molecule has 4 unspecified atom stereocenters. The van der Waals surface area contributed by atoms with Crippen molar-refractivity contribution >= 4 is 5.97 Å². The third kappa shape index (κ3) is 2.40. The van der Waals surface area contributed by atoms with Crippen molar-refractivity contribution < 1.29 is 9.53 Å². The molecule has 6 atom stereocenters. The number of carbonyl (C=O) groups excluding carboxylic acids is 1. The molecule has 0 aromatic heterocycles. The van der Waals surface area contributed by atoms with Gasteiger partial charge in [-0.1, -0.05) is 31.6 Å². The van der Waals surface area contributed by atoms with E-state index in [-0.39, 0.29) is 22.9 Å². The Morgan fingerprint density at radius 1 is 1.16 bits per heavy atom. The number of fused-ring (bicyclic) bond motifs is 5. The minimum absolute atomic E-state index is 0.0700. The summed E-state index contributed by atoms with van der Waals surface area (Å²) in [6.45, 7) is 6.30. The third-order valence-corrected chi connectivity index (χ3v) is 8.09. The average molecular weight is 339 g/mol. The number of rotatable bonds is 1. The molecule has 0 aromatic rings. The van der Waals surface area contributed by atoms with E-state index in [0.29, 0.717) is 11.8 Å². The van der Waals surface area contributed by atoms with Gasteiger partial charge in [-0.2, -0.15) is 5.26 Å². The third-order valence-electron chi connectivity index (χ3n) is 8.09. The summed E-state index contributed by atoms with van der Waals surface area (Å²) >= 11 is 0. The highest BCUT2D eigenvalue weighted by Crippen LogP contribution is 2.64. The zero-order chi connectivity index (χ0) is 17.8. The van der Waals surface area contributed by atoms with Gasteiger partial charge in [0.2, 0.25) is 0 Å². The van der Waals surface area contributed by atoms with Gasteiger partial charge in [0.25, 0.3) is 0 Å². The number of allylic oxidation sites excluding steroid dienone is 3. The van der Waals surface area contributed by atoms with Crippen LogP contribution in [0.15, 0.2) is 23.3 Å². The van der Waals surface area contributed by atoms with Crippen molar-refractivity contribution in [1.29, 1.82) is 5.26 Å². The summed E-state index contributed by atoms with van der Waals surface area (Å²) in [7, 11) is 0. The molecule has 0 N–H and O–H groups in total. The maximum atomic E-state index is 11.3. The van der Waals surface area contributed by atoms with Gasteiger partial charge in [-0.25, -0.2) is 0 Å². The van der Waals surface area contributed by atoms with E-state index in [1.807, 2.05) is 0 Å². The van der Waals surface area contributed by atoms with Crippen LogP contribution in [0.5, 0.6) is 0 Å².